The Labute approximate surface area is 105 Å². The predicted molar refractivity (Wildman–Crippen MR) is 69.1 cm³/mol. The number of carboxylic acid groups (broad SMARTS) is 1. The van der Waals surface area contributed by atoms with Gasteiger partial charge < -0.3 is 10.8 Å². The number of rotatable bonds is 5. The van der Waals surface area contributed by atoms with Gasteiger partial charge in [0.15, 0.2) is 0 Å². The number of hydrogen-bond donors (Lipinski definition) is 2. The molecule has 1 saturated carbocycles. The molecule has 92 valence electrons. The van der Waals surface area contributed by atoms with Crippen LogP contribution in [0.3, 0.4) is 0 Å². The average Bonchev–Trinajstić information content (AvgIpc) is 3.11. The third-order valence-corrected chi connectivity index (χ3v) is 4.25. The van der Waals surface area contributed by atoms with Crippen LogP contribution < -0.4 is 5.73 Å². The SMILES string of the molecule is CCSc1ccc(C(N)C2(C(=O)O)CC2)cc1. The smallest absolute Gasteiger partial charge is 0.311 e. The van der Waals surface area contributed by atoms with Crippen molar-refractivity contribution >= 4 is 17.7 Å². The summed E-state index contributed by atoms with van der Waals surface area (Å²) in [6.45, 7) is 2.11. The molecule has 1 aliphatic carbocycles. The minimum Gasteiger partial charge on any atom is -0.481 e. The zero-order valence-electron chi connectivity index (χ0n) is 9.85. The zero-order chi connectivity index (χ0) is 12.5. The summed E-state index contributed by atoms with van der Waals surface area (Å²) >= 11 is 1.77. The highest BCUT2D eigenvalue weighted by Gasteiger charge is 2.55. The molecule has 3 nitrogen and oxygen atoms in total. The quantitative estimate of drug-likeness (QED) is 0.790. The third kappa shape index (κ3) is 2.33. The van der Waals surface area contributed by atoms with Crippen LogP contribution in [0.25, 0.3) is 0 Å². The second-order valence-electron chi connectivity index (χ2n) is 4.44. The van der Waals surface area contributed by atoms with E-state index in [2.05, 4.69) is 6.92 Å². The van der Waals surface area contributed by atoms with Crippen molar-refractivity contribution < 1.29 is 9.90 Å². The second-order valence-corrected chi connectivity index (χ2v) is 5.78. The predicted octanol–water partition coefficient (Wildman–Crippen LogP) is 2.66. The molecule has 3 N–H and O–H groups in total. The molecule has 17 heavy (non-hydrogen) atoms. The Kier molecular flexibility index (Phi) is 3.45. The maximum atomic E-state index is 11.2. The molecule has 0 amide bonds. The maximum Gasteiger partial charge on any atom is 0.311 e. The first-order valence-corrected chi connectivity index (χ1v) is 6.80. The van der Waals surface area contributed by atoms with Gasteiger partial charge in [-0.15, -0.1) is 11.8 Å². The van der Waals surface area contributed by atoms with E-state index >= 15 is 0 Å². The van der Waals surface area contributed by atoms with Gasteiger partial charge in [0.05, 0.1) is 5.41 Å². The van der Waals surface area contributed by atoms with Gasteiger partial charge in [0.25, 0.3) is 0 Å². The summed E-state index contributed by atoms with van der Waals surface area (Å²) in [4.78, 5) is 12.4. The largest absolute Gasteiger partial charge is 0.481 e. The average molecular weight is 251 g/mol. The molecule has 0 aliphatic heterocycles. The van der Waals surface area contributed by atoms with Crippen LogP contribution in [-0.2, 0) is 4.79 Å². The van der Waals surface area contributed by atoms with Gasteiger partial charge in [0.1, 0.15) is 0 Å². The molecule has 0 radical (unpaired) electrons. The van der Waals surface area contributed by atoms with Gasteiger partial charge in [-0.25, -0.2) is 0 Å². The van der Waals surface area contributed by atoms with Gasteiger partial charge in [-0.2, -0.15) is 0 Å². The van der Waals surface area contributed by atoms with E-state index in [-0.39, 0.29) is 6.04 Å². The van der Waals surface area contributed by atoms with Crippen molar-refractivity contribution in [1.82, 2.24) is 0 Å². The van der Waals surface area contributed by atoms with E-state index in [1.54, 1.807) is 11.8 Å². The highest BCUT2D eigenvalue weighted by Crippen LogP contribution is 2.54. The fourth-order valence-electron chi connectivity index (χ4n) is 2.05. The van der Waals surface area contributed by atoms with Gasteiger partial charge in [-0.1, -0.05) is 19.1 Å². The van der Waals surface area contributed by atoms with E-state index < -0.39 is 11.4 Å². The molecule has 1 atom stereocenters. The standard InChI is InChI=1S/C13H17NO2S/c1-2-17-10-5-3-9(4-6-10)11(14)13(7-8-13)12(15)16/h3-6,11H,2,7-8,14H2,1H3,(H,15,16). The van der Waals surface area contributed by atoms with Gasteiger partial charge in [-0.05, 0) is 36.3 Å². The number of hydrogen-bond acceptors (Lipinski definition) is 3. The van der Waals surface area contributed by atoms with Gasteiger partial charge >= 0.3 is 5.97 Å². The summed E-state index contributed by atoms with van der Waals surface area (Å²) in [7, 11) is 0. The highest BCUT2D eigenvalue weighted by atomic mass is 32.2. The molecule has 2 rings (SSSR count). The summed E-state index contributed by atoms with van der Waals surface area (Å²) in [6, 6.07) is 7.54. The van der Waals surface area contributed by atoms with E-state index in [1.165, 1.54) is 4.90 Å². The van der Waals surface area contributed by atoms with Crippen molar-refractivity contribution in [3.63, 3.8) is 0 Å². The van der Waals surface area contributed by atoms with Crippen LogP contribution in [0.2, 0.25) is 0 Å². The number of aliphatic carboxylic acids is 1. The molecule has 1 aromatic carbocycles. The van der Waals surface area contributed by atoms with Crippen molar-refractivity contribution in [2.45, 2.75) is 30.7 Å². The summed E-state index contributed by atoms with van der Waals surface area (Å²) in [6.07, 6.45) is 1.38. The summed E-state index contributed by atoms with van der Waals surface area (Å²) in [5.74, 6) is 0.266. The first kappa shape index (κ1) is 12.5. The summed E-state index contributed by atoms with van der Waals surface area (Å²) in [5.41, 5.74) is 6.29. The first-order chi connectivity index (χ1) is 8.10. The molecule has 1 fully saturated rings. The van der Waals surface area contributed by atoms with Crippen LogP contribution in [0.15, 0.2) is 29.2 Å². The van der Waals surface area contributed by atoms with E-state index in [1.807, 2.05) is 24.3 Å². The molecule has 1 aliphatic rings. The Balaban J connectivity index is 2.15. The lowest BCUT2D eigenvalue weighted by Crippen LogP contribution is -2.29. The molecular weight excluding hydrogens is 234 g/mol. The van der Waals surface area contributed by atoms with E-state index in [4.69, 9.17) is 5.73 Å². The van der Waals surface area contributed by atoms with Crippen molar-refractivity contribution in [1.29, 1.82) is 0 Å². The Bertz CT molecular complexity index is 412. The van der Waals surface area contributed by atoms with Crippen molar-refractivity contribution in [3.05, 3.63) is 29.8 Å². The Morgan fingerprint density at radius 1 is 1.47 bits per heavy atom. The summed E-state index contributed by atoms with van der Waals surface area (Å²) in [5, 5.41) is 9.19. The fraction of sp³-hybridized carbons (Fsp3) is 0.462. The van der Waals surface area contributed by atoms with E-state index in [9.17, 15) is 9.90 Å². The molecular formula is C13H17NO2S. The van der Waals surface area contributed by atoms with Crippen LogP contribution >= 0.6 is 11.8 Å². The number of nitrogens with two attached hydrogens (primary N) is 1. The first-order valence-electron chi connectivity index (χ1n) is 5.82. The number of carboxylic acids is 1. The minimum absolute atomic E-state index is 0.388. The summed E-state index contributed by atoms with van der Waals surface area (Å²) < 4.78 is 0. The Morgan fingerprint density at radius 3 is 2.47 bits per heavy atom. The van der Waals surface area contributed by atoms with E-state index in [0.29, 0.717) is 12.8 Å². The van der Waals surface area contributed by atoms with Crippen LogP contribution in [0, 0.1) is 5.41 Å². The molecule has 0 saturated heterocycles. The van der Waals surface area contributed by atoms with Crippen molar-refractivity contribution in [2.24, 2.45) is 11.1 Å². The molecule has 0 bridgehead atoms. The Hall–Kier alpha value is -1.00. The van der Waals surface area contributed by atoms with Crippen LogP contribution in [-0.4, -0.2) is 16.8 Å². The van der Waals surface area contributed by atoms with Crippen LogP contribution in [0.5, 0.6) is 0 Å². The van der Waals surface area contributed by atoms with Crippen LogP contribution in [0.4, 0.5) is 0 Å². The van der Waals surface area contributed by atoms with Gasteiger partial charge in [0, 0.05) is 10.9 Å². The van der Waals surface area contributed by atoms with Crippen molar-refractivity contribution in [2.75, 3.05) is 5.75 Å². The maximum absolute atomic E-state index is 11.2. The van der Waals surface area contributed by atoms with Crippen molar-refractivity contribution in [3.8, 4) is 0 Å². The monoisotopic (exact) mass is 251 g/mol. The number of carbonyl (C=O) groups is 1. The molecule has 0 aromatic heterocycles. The molecule has 0 heterocycles. The lowest BCUT2D eigenvalue weighted by atomic mass is 9.91. The highest BCUT2D eigenvalue weighted by molar-refractivity contribution is 7.99. The van der Waals surface area contributed by atoms with E-state index in [0.717, 1.165) is 11.3 Å². The minimum atomic E-state index is -0.767. The third-order valence-electron chi connectivity index (χ3n) is 3.36. The molecule has 1 unspecified atom stereocenters. The lowest BCUT2D eigenvalue weighted by molar-refractivity contribution is -0.144. The Morgan fingerprint density at radius 2 is 2.06 bits per heavy atom. The fourth-order valence-corrected chi connectivity index (χ4v) is 2.71. The molecule has 0 spiro atoms. The van der Waals surface area contributed by atoms with Gasteiger partial charge in [-0.3, -0.25) is 4.79 Å². The second kappa shape index (κ2) is 4.70. The lowest BCUT2D eigenvalue weighted by Gasteiger charge is -2.19. The topological polar surface area (TPSA) is 63.3 Å². The number of thioether (sulfide) groups is 1. The normalized spacial score (nSPS) is 18.7. The number of benzene rings is 1. The molecule has 1 aromatic rings. The van der Waals surface area contributed by atoms with Crippen LogP contribution in [0.1, 0.15) is 31.4 Å². The zero-order valence-corrected chi connectivity index (χ0v) is 10.7. The molecule has 4 heteroatoms. The van der Waals surface area contributed by atoms with Gasteiger partial charge in [0.2, 0.25) is 0 Å².